The molecule has 0 radical (unpaired) electrons. The van der Waals surface area contributed by atoms with Crippen LogP contribution in [0, 0.1) is 0 Å². The van der Waals surface area contributed by atoms with Crippen LogP contribution < -0.4 is 0 Å². The molecule has 0 heterocycles. The lowest BCUT2D eigenvalue weighted by Crippen LogP contribution is -1.99. The first-order chi connectivity index (χ1) is 13.5. The Morgan fingerprint density at radius 3 is 1.64 bits per heavy atom. The number of sulfone groups is 1. The molecule has 0 fully saturated rings. The molecule has 28 heavy (non-hydrogen) atoms. The van der Waals surface area contributed by atoms with Gasteiger partial charge in [-0.05, 0) is 52.8 Å². The Balaban J connectivity index is 2.23. The summed E-state index contributed by atoms with van der Waals surface area (Å²) < 4.78 is 23.7. The lowest BCUT2D eigenvalue weighted by molar-refractivity contribution is 0.602. The third-order valence-corrected chi connectivity index (χ3v) is 5.97. The predicted molar refractivity (Wildman–Crippen MR) is 118 cm³/mol. The zero-order chi connectivity index (χ0) is 20.0. The van der Waals surface area contributed by atoms with Crippen molar-refractivity contribution < 1.29 is 8.42 Å². The Morgan fingerprint density at radius 1 is 0.714 bits per heavy atom. The molecule has 0 atom stereocenters. The molecule has 0 amide bonds. The lowest BCUT2D eigenvalue weighted by Gasteiger charge is -2.17. The van der Waals surface area contributed by atoms with Crippen LogP contribution in [0.3, 0.4) is 0 Å². The van der Waals surface area contributed by atoms with E-state index >= 15 is 0 Å². The van der Waals surface area contributed by atoms with Crippen LogP contribution in [0.25, 0.3) is 11.1 Å². The van der Waals surface area contributed by atoms with Crippen LogP contribution in [-0.2, 0) is 9.84 Å². The summed E-state index contributed by atoms with van der Waals surface area (Å²) in [4.78, 5) is 0.354. The highest BCUT2D eigenvalue weighted by Crippen LogP contribution is 2.35. The minimum atomic E-state index is -3.20. The van der Waals surface area contributed by atoms with Crippen molar-refractivity contribution in [2.24, 2.45) is 0 Å². The Hall–Kier alpha value is -2.65. The van der Waals surface area contributed by atoms with Crippen LogP contribution in [0.15, 0.2) is 89.8 Å². The summed E-state index contributed by atoms with van der Waals surface area (Å²) in [6.45, 7) is 2.19. The van der Waals surface area contributed by atoms with Crippen LogP contribution in [0.2, 0.25) is 0 Å². The standard InChI is InChI=1S/C25H26O2S/c1-3-4-15-24(20-16-18-23(19-17-20)28(2,26)27)25(21-11-7-5-8-12-21)22-13-9-6-10-14-22/h5-14,16-19H,3-4,15H2,1-2H3. The summed E-state index contributed by atoms with van der Waals surface area (Å²) in [5, 5.41) is 0. The number of unbranched alkanes of at least 4 members (excludes halogenated alkanes) is 1. The van der Waals surface area contributed by atoms with Gasteiger partial charge in [0, 0.05) is 6.26 Å². The molecule has 3 rings (SSSR count). The van der Waals surface area contributed by atoms with Gasteiger partial charge in [-0.3, -0.25) is 0 Å². The molecule has 2 nitrogen and oxygen atoms in total. The lowest BCUT2D eigenvalue weighted by atomic mass is 9.87. The Kier molecular flexibility index (Phi) is 6.48. The maximum Gasteiger partial charge on any atom is 0.175 e. The highest BCUT2D eigenvalue weighted by molar-refractivity contribution is 7.90. The average molecular weight is 391 g/mol. The number of allylic oxidation sites excluding steroid dienone is 1. The maximum absolute atomic E-state index is 11.9. The fraction of sp³-hybridized carbons (Fsp3) is 0.200. The molecule has 0 bridgehead atoms. The van der Waals surface area contributed by atoms with Gasteiger partial charge in [0.15, 0.2) is 9.84 Å². The Morgan fingerprint density at radius 2 is 1.21 bits per heavy atom. The van der Waals surface area contributed by atoms with Crippen molar-refractivity contribution in [2.75, 3.05) is 6.26 Å². The van der Waals surface area contributed by atoms with Crippen molar-refractivity contribution in [3.05, 3.63) is 102 Å². The molecule has 0 spiro atoms. The van der Waals surface area contributed by atoms with Gasteiger partial charge in [0.2, 0.25) is 0 Å². The number of benzene rings is 3. The molecule has 0 aliphatic heterocycles. The third kappa shape index (κ3) is 4.79. The van der Waals surface area contributed by atoms with E-state index in [2.05, 4.69) is 55.5 Å². The van der Waals surface area contributed by atoms with Gasteiger partial charge in [0.1, 0.15) is 0 Å². The van der Waals surface area contributed by atoms with Gasteiger partial charge in [-0.1, -0.05) is 86.1 Å². The van der Waals surface area contributed by atoms with E-state index in [1.807, 2.05) is 24.3 Å². The first kappa shape index (κ1) is 20.1. The second-order valence-electron chi connectivity index (χ2n) is 6.99. The molecule has 144 valence electrons. The van der Waals surface area contributed by atoms with Crippen molar-refractivity contribution in [3.63, 3.8) is 0 Å². The van der Waals surface area contributed by atoms with Crippen molar-refractivity contribution in [1.29, 1.82) is 0 Å². The maximum atomic E-state index is 11.9. The molecule has 0 unspecified atom stereocenters. The smallest absolute Gasteiger partial charge is 0.175 e. The van der Waals surface area contributed by atoms with Gasteiger partial charge in [-0.25, -0.2) is 8.42 Å². The summed E-state index contributed by atoms with van der Waals surface area (Å²) >= 11 is 0. The van der Waals surface area contributed by atoms with E-state index in [4.69, 9.17) is 0 Å². The SMILES string of the molecule is CCCCC(=C(c1ccccc1)c1ccccc1)c1ccc(S(C)(=O)=O)cc1. The van der Waals surface area contributed by atoms with Crippen molar-refractivity contribution in [3.8, 4) is 0 Å². The van der Waals surface area contributed by atoms with Gasteiger partial charge in [0.05, 0.1) is 4.90 Å². The van der Waals surface area contributed by atoms with Gasteiger partial charge in [-0.2, -0.15) is 0 Å². The summed E-state index contributed by atoms with van der Waals surface area (Å²) in [6.07, 6.45) is 4.36. The zero-order valence-corrected chi connectivity index (χ0v) is 17.2. The quantitative estimate of drug-likeness (QED) is 0.448. The van der Waals surface area contributed by atoms with E-state index in [9.17, 15) is 8.42 Å². The van der Waals surface area contributed by atoms with Gasteiger partial charge < -0.3 is 0 Å². The van der Waals surface area contributed by atoms with Gasteiger partial charge >= 0.3 is 0 Å². The molecule has 0 saturated heterocycles. The second-order valence-corrected chi connectivity index (χ2v) is 9.00. The molecule has 3 aromatic carbocycles. The summed E-state index contributed by atoms with van der Waals surface area (Å²) in [5.74, 6) is 0. The Labute approximate surface area is 168 Å². The third-order valence-electron chi connectivity index (χ3n) is 4.84. The number of hydrogen-bond acceptors (Lipinski definition) is 2. The molecule has 0 aromatic heterocycles. The first-order valence-corrected chi connectivity index (χ1v) is 11.5. The minimum Gasteiger partial charge on any atom is -0.224 e. The molecule has 3 aromatic rings. The normalized spacial score (nSPS) is 11.2. The molecule has 0 saturated carbocycles. The monoisotopic (exact) mass is 390 g/mol. The minimum absolute atomic E-state index is 0.354. The molecular weight excluding hydrogens is 364 g/mol. The van der Waals surface area contributed by atoms with E-state index in [0.29, 0.717) is 4.90 Å². The van der Waals surface area contributed by atoms with Gasteiger partial charge in [-0.15, -0.1) is 0 Å². The fourth-order valence-electron chi connectivity index (χ4n) is 3.40. The van der Waals surface area contributed by atoms with E-state index < -0.39 is 9.84 Å². The van der Waals surface area contributed by atoms with Crippen molar-refractivity contribution in [2.45, 2.75) is 31.1 Å². The van der Waals surface area contributed by atoms with Crippen LogP contribution >= 0.6 is 0 Å². The molecule has 3 heteroatoms. The largest absolute Gasteiger partial charge is 0.224 e. The van der Waals surface area contributed by atoms with E-state index in [1.165, 1.54) is 28.5 Å². The first-order valence-electron chi connectivity index (χ1n) is 9.65. The van der Waals surface area contributed by atoms with Crippen LogP contribution in [0.4, 0.5) is 0 Å². The molecule has 0 aliphatic rings. The van der Waals surface area contributed by atoms with Crippen LogP contribution in [0.1, 0.15) is 42.9 Å². The van der Waals surface area contributed by atoms with Crippen LogP contribution in [0.5, 0.6) is 0 Å². The van der Waals surface area contributed by atoms with Crippen molar-refractivity contribution >= 4 is 21.0 Å². The summed E-state index contributed by atoms with van der Waals surface area (Å²) in [7, 11) is -3.20. The molecule has 0 aliphatic carbocycles. The summed E-state index contributed by atoms with van der Waals surface area (Å²) in [5.41, 5.74) is 5.88. The van der Waals surface area contributed by atoms with E-state index in [1.54, 1.807) is 12.1 Å². The predicted octanol–water partition coefficient (Wildman–Crippen LogP) is 6.24. The topological polar surface area (TPSA) is 34.1 Å². The van der Waals surface area contributed by atoms with Crippen LogP contribution in [-0.4, -0.2) is 14.7 Å². The average Bonchev–Trinajstić information content (AvgIpc) is 2.72. The zero-order valence-electron chi connectivity index (χ0n) is 16.4. The van der Waals surface area contributed by atoms with Gasteiger partial charge in [0.25, 0.3) is 0 Å². The van der Waals surface area contributed by atoms with E-state index in [-0.39, 0.29) is 0 Å². The number of hydrogen-bond donors (Lipinski definition) is 0. The fourth-order valence-corrected chi connectivity index (χ4v) is 4.03. The Bertz CT molecular complexity index is 991. The molecule has 0 N–H and O–H groups in total. The van der Waals surface area contributed by atoms with Crippen molar-refractivity contribution in [1.82, 2.24) is 0 Å². The summed E-state index contributed by atoms with van der Waals surface area (Å²) in [6, 6.07) is 28.1. The molecular formula is C25H26O2S. The van der Waals surface area contributed by atoms with E-state index in [0.717, 1.165) is 24.8 Å². The highest BCUT2D eigenvalue weighted by Gasteiger charge is 2.15. The number of rotatable bonds is 7. The highest BCUT2D eigenvalue weighted by atomic mass is 32.2. The second kappa shape index (κ2) is 9.03.